The lowest BCUT2D eigenvalue weighted by atomic mass is 10.1. The van der Waals surface area contributed by atoms with Crippen LogP contribution >= 0.6 is 0 Å². The van der Waals surface area contributed by atoms with Crippen molar-refractivity contribution >= 4 is 16.6 Å². The SMILES string of the molecule is Cc1cccc(S(=O)CC(=O)c2ccccc2C)c1. The van der Waals surface area contributed by atoms with E-state index in [0.717, 1.165) is 11.1 Å². The molecule has 19 heavy (non-hydrogen) atoms. The van der Waals surface area contributed by atoms with E-state index < -0.39 is 10.8 Å². The molecule has 1 unspecified atom stereocenters. The van der Waals surface area contributed by atoms with E-state index in [4.69, 9.17) is 0 Å². The maximum atomic E-state index is 12.2. The number of rotatable bonds is 4. The zero-order valence-corrected chi connectivity index (χ0v) is 11.9. The summed E-state index contributed by atoms with van der Waals surface area (Å²) in [7, 11) is -1.28. The lowest BCUT2D eigenvalue weighted by Crippen LogP contribution is -2.12. The van der Waals surface area contributed by atoms with E-state index in [0.29, 0.717) is 10.5 Å². The van der Waals surface area contributed by atoms with Gasteiger partial charge >= 0.3 is 0 Å². The molecule has 2 nitrogen and oxygen atoms in total. The summed E-state index contributed by atoms with van der Waals surface area (Å²) in [6, 6.07) is 14.9. The molecule has 0 bridgehead atoms. The van der Waals surface area contributed by atoms with Gasteiger partial charge in [-0.2, -0.15) is 0 Å². The second-order valence-electron chi connectivity index (χ2n) is 4.54. The lowest BCUT2D eigenvalue weighted by Gasteiger charge is -2.05. The molecule has 1 atom stereocenters. The molecule has 0 spiro atoms. The van der Waals surface area contributed by atoms with Crippen LogP contribution in [-0.2, 0) is 10.8 Å². The minimum Gasteiger partial charge on any atom is -0.293 e. The van der Waals surface area contributed by atoms with Gasteiger partial charge in [0, 0.05) is 10.5 Å². The van der Waals surface area contributed by atoms with Crippen LogP contribution < -0.4 is 0 Å². The number of ketones is 1. The first-order valence-electron chi connectivity index (χ1n) is 6.12. The van der Waals surface area contributed by atoms with Crippen LogP contribution in [0.4, 0.5) is 0 Å². The van der Waals surface area contributed by atoms with E-state index in [1.54, 1.807) is 12.1 Å². The molecule has 0 saturated carbocycles. The molecular weight excluding hydrogens is 256 g/mol. The Morgan fingerprint density at radius 3 is 2.47 bits per heavy atom. The molecule has 0 aliphatic rings. The monoisotopic (exact) mass is 272 g/mol. The van der Waals surface area contributed by atoms with E-state index in [2.05, 4.69) is 0 Å². The number of benzene rings is 2. The zero-order valence-electron chi connectivity index (χ0n) is 11.1. The minimum atomic E-state index is -1.28. The maximum Gasteiger partial charge on any atom is 0.175 e. The Bertz CT molecular complexity index is 632. The molecule has 2 aromatic rings. The van der Waals surface area contributed by atoms with Crippen LogP contribution in [0.15, 0.2) is 53.4 Å². The fourth-order valence-electron chi connectivity index (χ4n) is 1.92. The van der Waals surface area contributed by atoms with Gasteiger partial charge in [-0.05, 0) is 37.1 Å². The van der Waals surface area contributed by atoms with Gasteiger partial charge in [-0.15, -0.1) is 0 Å². The van der Waals surface area contributed by atoms with Crippen LogP contribution in [0, 0.1) is 13.8 Å². The van der Waals surface area contributed by atoms with Gasteiger partial charge in [0.1, 0.15) is 0 Å². The van der Waals surface area contributed by atoms with Gasteiger partial charge < -0.3 is 0 Å². The largest absolute Gasteiger partial charge is 0.293 e. The maximum absolute atomic E-state index is 12.2. The molecule has 0 saturated heterocycles. The van der Waals surface area contributed by atoms with Crippen molar-refractivity contribution in [3.05, 3.63) is 65.2 Å². The molecular formula is C16H16O2S. The van der Waals surface area contributed by atoms with Gasteiger partial charge in [-0.25, -0.2) is 0 Å². The molecule has 0 fully saturated rings. The minimum absolute atomic E-state index is 0.0360. The van der Waals surface area contributed by atoms with Gasteiger partial charge in [-0.3, -0.25) is 9.00 Å². The highest BCUT2D eigenvalue weighted by Gasteiger charge is 2.13. The third-order valence-electron chi connectivity index (χ3n) is 2.96. The second-order valence-corrected chi connectivity index (χ2v) is 6.00. The highest BCUT2D eigenvalue weighted by atomic mass is 32.2. The van der Waals surface area contributed by atoms with Crippen LogP contribution in [0.5, 0.6) is 0 Å². The number of hydrogen-bond donors (Lipinski definition) is 0. The van der Waals surface area contributed by atoms with E-state index in [1.165, 1.54) is 0 Å². The van der Waals surface area contributed by atoms with Crippen LogP contribution in [-0.4, -0.2) is 15.7 Å². The summed E-state index contributed by atoms with van der Waals surface area (Å²) in [6.45, 7) is 3.84. The molecule has 2 rings (SSSR count). The van der Waals surface area contributed by atoms with Gasteiger partial charge in [0.2, 0.25) is 0 Å². The summed E-state index contributed by atoms with van der Waals surface area (Å²) in [4.78, 5) is 12.9. The molecule has 0 radical (unpaired) electrons. The Kier molecular flexibility index (Phi) is 4.27. The molecule has 2 aromatic carbocycles. The number of Topliss-reactive ketones (excluding diaryl/α,β-unsaturated/α-hetero) is 1. The highest BCUT2D eigenvalue weighted by molar-refractivity contribution is 7.85. The summed E-state index contributed by atoms with van der Waals surface area (Å²) in [5, 5.41) is 0. The third kappa shape index (κ3) is 3.38. The topological polar surface area (TPSA) is 34.1 Å². The quantitative estimate of drug-likeness (QED) is 0.800. The molecule has 3 heteroatoms. The molecule has 98 valence electrons. The van der Waals surface area contributed by atoms with Crippen molar-refractivity contribution in [3.63, 3.8) is 0 Å². The summed E-state index contributed by atoms with van der Waals surface area (Å²) < 4.78 is 12.2. The second kappa shape index (κ2) is 5.93. The van der Waals surface area contributed by atoms with Gasteiger partial charge in [0.05, 0.1) is 16.6 Å². The smallest absolute Gasteiger partial charge is 0.175 e. The first kappa shape index (κ1) is 13.7. The van der Waals surface area contributed by atoms with Gasteiger partial charge in [-0.1, -0.05) is 36.4 Å². The Balaban J connectivity index is 2.16. The number of carbonyl (C=O) groups is 1. The number of aryl methyl sites for hydroxylation is 2. The van der Waals surface area contributed by atoms with Crippen molar-refractivity contribution in [1.29, 1.82) is 0 Å². The van der Waals surface area contributed by atoms with Crippen molar-refractivity contribution in [3.8, 4) is 0 Å². The summed E-state index contributed by atoms with van der Waals surface area (Å²) in [6.07, 6.45) is 0. The molecule has 0 N–H and O–H groups in total. The molecule has 0 aliphatic heterocycles. The van der Waals surface area contributed by atoms with Crippen LogP contribution in [0.25, 0.3) is 0 Å². The first-order valence-corrected chi connectivity index (χ1v) is 7.43. The highest BCUT2D eigenvalue weighted by Crippen LogP contribution is 2.13. The van der Waals surface area contributed by atoms with Crippen LogP contribution in [0.2, 0.25) is 0 Å². The van der Waals surface area contributed by atoms with Gasteiger partial charge in [0.15, 0.2) is 5.78 Å². The summed E-state index contributed by atoms with van der Waals surface area (Å²) in [5.74, 6) is -0.0353. The standard InChI is InChI=1S/C16H16O2S/c1-12-6-5-8-14(10-12)19(18)11-16(17)15-9-4-3-7-13(15)2/h3-10H,11H2,1-2H3. The Hall–Kier alpha value is -1.74. The van der Waals surface area contributed by atoms with Crippen molar-refractivity contribution in [2.24, 2.45) is 0 Å². The summed E-state index contributed by atoms with van der Waals surface area (Å²) in [5.41, 5.74) is 2.63. The first-order chi connectivity index (χ1) is 9.08. The fourth-order valence-corrected chi connectivity index (χ4v) is 3.03. The van der Waals surface area contributed by atoms with E-state index in [-0.39, 0.29) is 11.5 Å². The van der Waals surface area contributed by atoms with E-state index in [1.807, 2.05) is 50.2 Å². The van der Waals surface area contributed by atoms with Gasteiger partial charge in [0.25, 0.3) is 0 Å². The third-order valence-corrected chi connectivity index (χ3v) is 4.26. The Morgan fingerprint density at radius 1 is 1.05 bits per heavy atom. The lowest BCUT2D eigenvalue weighted by molar-refractivity contribution is 0.102. The average Bonchev–Trinajstić information content (AvgIpc) is 2.39. The van der Waals surface area contributed by atoms with Crippen molar-refractivity contribution in [1.82, 2.24) is 0 Å². The predicted molar refractivity (Wildman–Crippen MR) is 78.0 cm³/mol. The van der Waals surface area contributed by atoms with Crippen molar-refractivity contribution < 1.29 is 9.00 Å². The molecule has 0 aromatic heterocycles. The summed E-state index contributed by atoms with van der Waals surface area (Å²) >= 11 is 0. The Labute approximate surface area is 115 Å². The molecule has 0 heterocycles. The number of carbonyl (C=O) groups excluding carboxylic acids is 1. The average molecular weight is 272 g/mol. The zero-order chi connectivity index (χ0) is 13.8. The molecule has 0 amide bonds. The van der Waals surface area contributed by atoms with Crippen molar-refractivity contribution in [2.45, 2.75) is 18.7 Å². The van der Waals surface area contributed by atoms with Crippen molar-refractivity contribution in [2.75, 3.05) is 5.75 Å². The van der Waals surface area contributed by atoms with Crippen LogP contribution in [0.1, 0.15) is 21.5 Å². The predicted octanol–water partition coefficient (Wildman–Crippen LogP) is 3.29. The van der Waals surface area contributed by atoms with E-state index in [9.17, 15) is 9.00 Å². The number of hydrogen-bond acceptors (Lipinski definition) is 2. The molecule has 0 aliphatic carbocycles. The fraction of sp³-hybridized carbons (Fsp3) is 0.188. The van der Waals surface area contributed by atoms with E-state index >= 15 is 0 Å². The normalized spacial score (nSPS) is 12.1. The Morgan fingerprint density at radius 2 is 1.79 bits per heavy atom. The van der Waals surface area contributed by atoms with Crippen LogP contribution in [0.3, 0.4) is 0 Å².